The molecule has 0 aliphatic heterocycles. The molecule has 0 spiro atoms. The van der Waals surface area contributed by atoms with Crippen LogP contribution in [0.15, 0.2) is 90.7 Å². The average molecular weight is 808 g/mol. The number of aromatic carboxylic acids is 1. The number of rotatable bonds is 6. The van der Waals surface area contributed by atoms with Crippen LogP contribution < -0.4 is 18.9 Å². The van der Waals surface area contributed by atoms with Gasteiger partial charge in [0.05, 0.1) is 18.2 Å². The predicted octanol–water partition coefficient (Wildman–Crippen LogP) is 8.42. The van der Waals surface area contributed by atoms with Crippen molar-refractivity contribution in [3.8, 4) is 46.1 Å². The van der Waals surface area contributed by atoms with Crippen molar-refractivity contribution in [2.24, 2.45) is 0 Å². The van der Waals surface area contributed by atoms with E-state index in [1.165, 1.54) is 19.2 Å². The minimum atomic E-state index is -0.989. The SMILES string of the molecule is C.C.COC(=O)c1ccc(-c2noc(-c3cc4c(C)c(Cl)cc(C)c4o3)n2)cc1.Cc1c(Cl)cc(C)c2oc(-c3nc(-c4ccc(C(=O)O)cc4)no3)cc12.[Li+].[OH-]. The van der Waals surface area contributed by atoms with E-state index in [4.69, 9.17) is 46.2 Å². The van der Waals surface area contributed by atoms with Gasteiger partial charge in [0.15, 0.2) is 11.5 Å². The molecule has 16 heteroatoms. The van der Waals surface area contributed by atoms with Gasteiger partial charge in [-0.1, -0.05) is 72.6 Å². The van der Waals surface area contributed by atoms with Gasteiger partial charge in [0.2, 0.25) is 11.6 Å². The second-order valence-electron chi connectivity index (χ2n) is 12.1. The number of methoxy groups -OCH3 is 1. The molecule has 0 amide bonds. The zero-order chi connectivity index (χ0) is 37.6. The molecule has 8 rings (SSSR count). The normalized spacial score (nSPS) is 10.4. The molecular formula is C41H37Cl2LiN4O9. The van der Waals surface area contributed by atoms with Crippen molar-refractivity contribution in [1.82, 2.24) is 20.3 Å². The Morgan fingerprint density at radius 1 is 0.649 bits per heavy atom. The summed E-state index contributed by atoms with van der Waals surface area (Å²) in [5.74, 6) is 0.802. The molecule has 0 atom stereocenters. The smallest absolute Gasteiger partial charge is 0.870 e. The van der Waals surface area contributed by atoms with Gasteiger partial charge in [0.1, 0.15) is 11.2 Å². The number of carboxylic acid groups (broad SMARTS) is 1. The topological polar surface area (TPSA) is 198 Å². The van der Waals surface area contributed by atoms with Gasteiger partial charge in [-0.25, -0.2) is 9.59 Å². The number of furan rings is 2. The number of ether oxygens (including phenoxy) is 1. The van der Waals surface area contributed by atoms with E-state index >= 15 is 0 Å². The molecule has 4 heterocycles. The fourth-order valence-corrected chi connectivity index (χ4v) is 6.17. The number of benzene rings is 4. The van der Waals surface area contributed by atoms with Crippen molar-refractivity contribution in [3.05, 3.63) is 116 Å². The summed E-state index contributed by atoms with van der Waals surface area (Å²) in [5.41, 5.74) is 7.19. The number of nitrogens with zero attached hydrogens (tertiary/aromatic N) is 4. The van der Waals surface area contributed by atoms with E-state index in [2.05, 4.69) is 25.0 Å². The largest absolute Gasteiger partial charge is 1.00 e. The van der Waals surface area contributed by atoms with Crippen LogP contribution in [-0.2, 0) is 4.74 Å². The summed E-state index contributed by atoms with van der Waals surface area (Å²) < 4.78 is 27.2. The number of carbonyl (C=O) groups is 2. The van der Waals surface area contributed by atoms with Gasteiger partial charge in [0, 0.05) is 31.9 Å². The molecule has 13 nitrogen and oxygen atoms in total. The third-order valence-electron chi connectivity index (χ3n) is 8.62. The van der Waals surface area contributed by atoms with Crippen LogP contribution in [0.3, 0.4) is 0 Å². The summed E-state index contributed by atoms with van der Waals surface area (Å²) in [6, 6.07) is 20.4. The van der Waals surface area contributed by atoms with E-state index in [1.54, 1.807) is 36.4 Å². The van der Waals surface area contributed by atoms with Crippen LogP contribution in [-0.4, -0.2) is 49.9 Å². The number of hydrogen-bond acceptors (Lipinski definition) is 12. The minimum absolute atomic E-state index is 0. The standard InChI is InChI=1S/C20H15ClN2O4.C19H13ClN2O4.2CH4.Li.H2O/c1-10-8-15(21)11(2)14-9-16(26-17(10)14)19-22-18(23-27-19)12-4-6-13(7-5-12)20(24)25-3;1-9-7-14(20)10(2)13-8-15(25-16(9)13)18-21-17(22-26-18)11-3-5-12(6-4-11)19(23)24;;;;/h4-9H,1-3H3;3-8H,1-2H3,(H,23,24);2*1H4;;1H2/q;;;;+1;/p-1. The van der Waals surface area contributed by atoms with E-state index in [-0.39, 0.29) is 56.5 Å². The first-order valence-electron chi connectivity index (χ1n) is 16.0. The maximum Gasteiger partial charge on any atom is 1.00 e. The van der Waals surface area contributed by atoms with Crippen LogP contribution in [0, 0.1) is 27.7 Å². The number of aromatic nitrogens is 4. The van der Waals surface area contributed by atoms with E-state index in [9.17, 15) is 9.59 Å². The number of aryl methyl sites for hydroxylation is 4. The van der Waals surface area contributed by atoms with E-state index < -0.39 is 11.9 Å². The predicted molar refractivity (Wildman–Crippen MR) is 213 cm³/mol. The summed E-state index contributed by atoms with van der Waals surface area (Å²) in [6.07, 6.45) is 0. The quantitative estimate of drug-likeness (QED) is 0.124. The molecule has 4 aromatic carbocycles. The van der Waals surface area contributed by atoms with Crippen LogP contribution in [0.1, 0.15) is 57.8 Å². The second-order valence-corrected chi connectivity index (χ2v) is 12.9. The van der Waals surface area contributed by atoms with Gasteiger partial charge in [0.25, 0.3) is 11.8 Å². The van der Waals surface area contributed by atoms with Crippen LogP contribution >= 0.6 is 23.2 Å². The van der Waals surface area contributed by atoms with E-state index in [0.29, 0.717) is 49.9 Å². The van der Waals surface area contributed by atoms with E-state index in [0.717, 1.165) is 44.2 Å². The number of fused-ring (bicyclic) bond motifs is 2. The van der Waals surface area contributed by atoms with Crippen molar-refractivity contribution in [3.63, 3.8) is 0 Å². The number of carboxylic acids is 1. The Labute approximate surface area is 349 Å². The minimum Gasteiger partial charge on any atom is -0.870 e. The Bertz CT molecular complexity index is 2680. The molecular weight excluding hydrogens is 770 g/mol. The second kappa shape index (κ2) is 18.5. The molecule has 0 aliphatic carbocycles. The fraction of sp³-hybridized carbons (Fsp3) is 0.171. The van der Waals surface area contributed by atoms with Gasteiger partial charge in [-0.05, 0) is 98.5 Å². The average Bonchev–Trinajstić information content (AvgIpc) is 3.99. The number of halogens is 2. The van der Waals surface area contributed by atoms with Crippen molar-refractivity contribution in [2.45, 2.75) is 42.5 Å². The maximum absolute atomic E-state index is 11.5. The Hall–Kier alpha value is -5.68. The van der Waals surface area contributed by atoms with Crippen LogP contribution in [0.25, 0.3) is 68.0 Å². The van der Waals surface area contributed by atoms with Crippen LogP contribution in [0.5, 0.6) is 0 Å². The van der Waals surface area contributed by atoms with Gasteiger partial charge >= 0.3 is 30.8 Å². The fourth-order valence-electron chi connectivity index (χ4n) is 5.64. The number of carbonyl (C=O) groups excluding carboxylic acids is 1. The molecule has 0 fully saturated rings. The number of esters is 1. The molecule has 2 N–H and O–H groups in total. The molecule has 0 bridgehead atoms. The third-order valence-corrected chi connectivity index (χ3v) is 9.40. The summed E-state index contributed by atoms with van der Waals surface area (Å²) >= 11 is 12.5. The van der Waals surface area contributed by atoms with Crippen LogP contribution in [0.2, 0.25) is 10.0 Å². The molecule has 8 aromatic rings. The first-order chi connectivity index (χ1) is 25.4. The van der Waals surface area contributed by atoms with Gasteiger partial charge in [-0.15, -0.1) is 0 Å². The van der Waals surface area contributed by atoms with Gasteiger partial charge < -0.3 is 33.2 Å². The molecule has 0 saturated heterocycles. The van der Waals surface area contributed by atoms with E-state index in [1.807, 2.05) is 52.0 Å². The Kier molecular flexibility index (Phi) is 14.8. The third kappa shape index (κ3) is 8.99. The first kappa shape index (κ1) is 45.7. The molecule has 290 valence electrons. The zero-order valence-corrected chi connectivity index (χ0v) is 31.7. The number of hydrogen-bond donors (Lipinski definition) is 1. The Balaban J connectivity index is 0.000000285. The maximum atomic E-state index is 11.5. The van der Waals surface area contributed by atoms with Crippen molar-refractivity contribution in [1.29, 1.82) is 0 Å². The van der Waals surface area contributed by atoms with Crippen molar-refractivity contribution < 1.29 is 61.6 Å². The molecule has 0 unspecified atom stereocenters. The molecule has 0 aliphatic rings. The van der Waals surface area contributed by atoms with Crippen molar-refractivity contribution in [2.75, 3.05) is 7.11 Å². The molecule has 57 heavy (non-hydrogen) atoms. The summed E-state index contributed by atoms with van der Waals surface area (Å²) in [7, 11) is 1.34. The monoisotopic (exact) mass is 806 g/mol. The van der Waals surface area contributed by atoms with Gasteiger partial charge in [-0.2, -0.15) is 9.97 Å². The summed E-state index contributed by atoms with van der Waals surface area (Å²) in [4.78, 5) is 31.2. The van der Waals surface area contributed by atoms with Crippen molar-refractivity contribution >= 4 is 57.1 Å². The Morgan fingerprint density at radius 2 is 1.04 bits per heavy atom. The summed E-state index contributed by atoms with van der Waals surface area (Å²) in [5, 5.41) is 20.1. The zero-order valence-electron chi connectivity index (χ0n) is 30.2. The van der Waals surface area contributed by atoms with Gasteiger partial charge in [-0.3, -0.25) is 0 Å². The molecule has 0 radical (unpaired) electrons. The molecule has 4 aromatic heterocycles. The summed E-state index contributed by atoms with van der Waals surface area (Å²) in [6.45, 7) is 7.71. The Morgan fingerprint density at radius 3 is 1.40 bits per heavy atom. The van der Waals surface area contributed by atoms with Crippen LogP contribution in [0.4, 0.5) is 0 Å². The molecule has 0 saturated carbocycles. The first-order valence-corrected chi connectivity index (χ1v) is 16.8.